The number of carbonyl (C=O) groups excluding carboxylic acids is 3. The van der Waals surface area contributed by atoms with E-state index in [-0.39, 0.29) is 31.5 Å². The second-order valence-electron chi connectivity index (χ2n) is 7.14. The molecule has 0 aromatic heterocycles. The molecule has 7 heteroatoms. The van der Waals surface area contributed by atoms with Gasteiger partial charge in [0, 0.05) is 25.1 Å². The summed E-state index contributed by atoms with van der Waals surface area (Å²) in [6, 6.07) is 9.54. The van der Waals surface area contributed by atoms with Gasteiger partial charge in [-0.2, -0.15) is 0 Å². The van der Waals surface area contributed by atoms with Crippen LogP contribution in [-0.4, -0.2) is 44.3 Å². The number of aryl methyl sites for hydroxylation is 1. The van der Waals surface area contributed by atoms with Gasteiger partial charge in [-0.1, -0.05) is 66.8 Å². The molecule has 1 atom stereocenters. The van der Waals surface area contributed by atoms with Crippen LogP contribution < -0.4 is 10.6 Å². The lowest BCUT2D eigenvalue weighted by Crippen LogP contribution is -2.36. The molecule has 32 heavy (non-hydrogen) atoms. The van der Waals surface area contributed by atoms with Crippen LogP contribution in [0.5, 0.6) is 0 Å². The van der Waals surface area contributed by atoms with Crippen molar-refractivity contribution in [2.45, 2.75) is 31.7 Å². The molecule has 7 nitrogen and oxygen atoms in total. The van der Waals surface area contributed by atoms with Crippen LogP contribution in [0.15, 0.2) is 78.4 Å². The molecule has 1 aromatic carbocycles. The third-order valence-electron chi connectivity index (χ3n) is 4.64. The van der Waals surface area contributed by atoms with Crippen molar-refractivity contribution >= 4 is 18.0 Å². The van der Waals surface area contributed by atoms with Gasteiger partial charge in [-0.25, -0.2) is 9.59 Å². The van der Waals surface area contributed by atoms with E-state index in [0.717, 1.165) is 24.0 Å². The van der Waals surface area contributed by atoms with E-state index in [1.165, 1.54) is 13.2 Å². The first-order chi connectivity index (χ1) is 15.6. The number of allylic oxidation sites excluding steroid dienone is 4. The topological polar surface area (TPSA) is 93.7 Å². The Morgan fingerprint density at radius 2 is 1.97 bits per heavy atom. The molecule has 0 spiro atoms. The summed E-state index contributed by atoms with van der Waals surface area (Å²) in [5, 5.41) is 5.46. The molecule has 2 amide bonds. The van der Waals surface area contributed by atoms with Crippen LogP contribution in [0.1, 0.15) is 24.8 Å². The van der Waals surface area contributed by atoms with Crippen molar-refractivity contribution < 1.29 is 23.9 Å². The first-order valence-electron chi connectivity index (χ1n) is 10.6. The summed E-state index contributed by atoms with van der Waals surface area (Å²) < 4.78 is 9.79. The summed E-state index contributed by atoms with van der Waals surface area (Å²) in [6.07, 6.45) is 14.4. The van der Waals surface area contributed by atoms with Crippen molar-refractivity contribution in [3.8, 4) is 0 Å². The van der Waals surface area contributed by atoms with E-state index in [9.17, 15) is 14.4 Å². The molecule has 1 aliphatic carbocycles. The molecule has 0 unspecified atom stereocenters. The molecule has 0 saturated heterocycles. The van der Waals surface area contributed by atoms with E-state index in [0.29, 0.717) is 6.42 Å². The maximum Gasteiger partial charge on any atom is 0.407 e. The number of carbonyl (C=O) groups is 3. The van der Waals surface area contributed by atoms with Crippen molar-refractivity contribution in [1.29, 1.82) is 0 Å². The van der Waals surface area contributed by atoms with E-state index in [1.54, 1.807) is 6.08 Å². The van der Waals surface area contributed by atoms with Gasteiger partial charge in [-0.3, -0.25) is 4.79 Å². The van der Waals surface area contributed by atoms with Gasteiger partial charge >= 0.3 is 12.1 Å². The second-order valence-corrected chi connectivity index (χ2v) is 7.14. The first-order valence-corrected chi connectivity index (χ1v) is 10.6. The van der Waals surface area contributed by atoms with E-state index < -0.39 is 12.1 Å². The number of alkyl carbamates (subject to hydrolysis) is 1. The Labute approximate surface area is 188 Å². The quantitative estimate of drug-likeness (QED) is 0.408. The highest BCUT2D eigenvalue weighted by atomic mass is 16.5. The summed E-state index contributed by atoms with van der Waals surface area (Å²) in [6.45, 7) is 0.310. The number of esters is 1. The van der Waals surface area contributed by atoms with E-state index in [4.69, 9.17) is 4.74 Å². The summed E-state index contributed by atoms with van der Waals surface area (Å²) >= 11 is 0. The molecular formula is C25H30N2O5. The summed E-state index contributed by atoms with van der Waals surface area (Å²) in [4.78, 5) is 35.6. The standard InChI is InChI=1S/C25H30N2O5/c1-31-24(29)16-15-22(14-13-20-9-7-4-8-10-20)27-23(28)17-18-26-25(30)32-19-21-11-5-2-3-6-12-21/h2,4-12,15-16,22H,3,13-14,17-19H2,1H3,(H,26,30)(H,27,28)/b16-15+/t22-/m0/s1. The Morgan fingerprint density at radius 3 is 2.75 bits per heavy atom. The van der Waals surface area contributed by atoms with Crippen molar-refractivity contribution in [1.82, 2.24) is 10.6 Å². The van der Waals surface area contributed by atoms with E-state index >= 15 is 0 Å². The molecule has 2 rings (SSSR count). The second kappa shape index (κ2) is 14.4. The molecule has 0 radical (unpaired) electrons. The molecule has 0 bridgehead atoms. The lowest BCUT2D eigenvalue weighted by molar-refractivity contribution is -0.135. The first kappa shape index (κ1) is 24.7. The van der Waals surface area contributed by atoms with Gasteiger partial charge in [-0.05, 0) is 30.4 Å². The number of rotatable bonds is 11. The van der Waals surface area contributed by atoms with Crippen LogP contribution in [0.3, 0.4) is 0 Å². The zero-order chi connectivity index (χ0) is 23.0. The van der Waals surface area contributed by atoms with Gasteiger partial charge in [-0.15, -0.1) is 0 Å². The Bertz CT molecular complexity index is 872. The van der Waals surface area contributed by atoms with Gasteiger partial charge in [0.2, 0.25) is 5.91 Å². The molecule has 0 fully saturated rings. The highest BCUT2D eigenvalue weighted by Gasteiger charge is 2.11. The lowest BCUT2D eigenvalue weighted by atomic mass is 10.0. The van der Waals surface area contributed by atoms with Crippen LogP contribution in [0, 0.1) is 0 Å². The minimum Gasteiger partial charge on any atom is -0.466 e. The zero-order valence-electron chi connectivity index (χ0n) is 18.3. The Morgan fingerprint density at radius 1 is 1.16 bits per heavy atom. The molecule has 0 heterocycles. The molecule has 0 aliphatic heterocycles. The maximum absolute atomic E-state index is 12.3. The van der Waals surface area contributed by atoms with Crippen LogP contribution >= 0.6 is 0 Å². The van der Waals surface area contributed by atoms with Gasteiger partial charge < -0.3 is 20.1 Å². The van der Waals surface area contributed by atoms with Crippen molar-refractivity contribution in [3.05, 3.63) is 84.0 Å². The average Bonchev–Trinajstić information content (AvgIpc) is 3.08. The van der Waals surface area contributed by atoms with E-state index in [2.05, 4.69) is 15.4 Å². The summed E-state index contributed by atoms with van der Waals surface area (Å²) in [7, 11) is 1.30. The van der Waals surface area contributed by atoms with Crippen molar-refractivity contribution in [2.24, 2.45) is 0 Å². The monoisotopic (exact) mass is 438 g/mol. The lowest BCUT2D eigenvalue weighted by Gasteiger charge is -2.15. The minimum atomic E-state index is -0.577. The molecule has 0 saturated carbocycles. The van der Waals surface area contributed by atoms with Crippen LogP contribution in [0.25, 0.3) is 0 Å². The molecule has 2 N–H and O–H groups in total. The normalized spacial score (nSPS) is 13.7. The summed E-state index contributed by atoms with van der Waals surface area (Å²) in [5.41, 5.74) is 2.03. The van der Waals surface area contributed by atoms with Gasteiger partial charge in [0.05, 0.1) is 7.11 Å². The van der Waals surface area contributed by atoms with Gasteiger partial charge in [0.25, 0.3) is 0 Å². The van der Waals surface area contributed by atoms with E-state index in [1.807, 2.05) is 60.7 Å². The number of nitrogens with one attached hydrogen (secondary N) is 2. The SMILES string of the molecule is COC(=O)/C=C/[C@H](CCc1ccccc1)NC(=O)CCNC(=O)OCC1=CC=CCC=C1. The number of methoxy groups -OCH3 is 1. The Hall–Kier alpha value is -3.61. The third kappa shape index (κ3) is 10.4. The smallest absolute Gasteiger partial charge is 0.407 e. The van der Waals surface area contributed by atoms with Crippen LogP contribution in [0.2, 0.25) is 0 Å². The van der Waals surface area contributed by atoms with Crippen LogP contribution in [0.4, 0.5) is 4.79 Å². The highest BCUT2D eigenvalue weighted by Crippen LogP contribution is 2.07. The van der Waals surface area contributed by atoms with Crippen molar-refractivity contribution in [3.63, 3.8) is 0 Å². The Kier molecular flexibility index (Phi) is 11.1. The molecule has 1 aliphatic rings. The molecule has 170 valence electrons. The van der Waals surface area contributed by atoms with Gasteiger partial charge in [0.15, 0.2) is 0 Å². The number of benzene rings is 1. The molecular weight excluding hydrogens is 408 g/mol. The predicted octanol–water partition coefficient (Wildman–Crippen LogP) is 3.39. The van der Waals surface area contributed by atoms with Crippen LogP contribution in [-0.2, 0) is 25.5 Å². The Balaban J connectivity index is 1.75. The molecule has 1 aromatic rings. The predicted molar refractivity (Wildman–Crippen MR) is 123 cm³/mol. The fourth-order valence-electron chi connectivity index (χ4n) is 2.92. The summed E-state index contributed by atoms with van der Waals surface area (Å²) in [5.74, 6) is -0.722. The number of amides is 2. The number of hydrogen-bond donors (Lipinski definition) is 2. The minimum absolute atomic E-state index is 0.0916. The fraction of sp³-hybridized carbons (Fsp3) is 0.320. The largest absolute Gasteiger partial charge is 0.466 e. The maximum atomic E-state index is 12.3. The van der Waals surface area contributed by atoms with Crippen molar-refractivity contribution in [2.75, 3.05) is 20.3 Å². The van der Waals surface area contributed by atoms with Gasteiger partial charge in [0.1, 0.15) is 6.61 Å². The number of ether oxygens (including phenoxy) is 2. The highest BCUT2D eigenvalue weighted by molar-refractivity contribution is 5.82. The number of hydrogen-bond acceptors (Lipinski definition) is 5. The zero-order valence-corrected chi connectivity index (χ0v) is 18.3. The third-order valence-corrected chi connectivity index (χ3v) is 4.64. The average molecular weight is 439 g/mol. The fourth-order valence-corrected chi connectivity index (χ4v) is 2.92.